The second kappa shape index (κ2) is 7.93. The van der Waals surface area contributed by atoms with Crippen molar-refractivity contribution in [2.24, 2.45) is 0 Å². The van der Waals surface area contributed by atoms with E-state index in [0.717, 1.165) is 13.1 Å². The SMILES string of the molecule is CCSCC(C)N1CCCNC(c2ccccc2)C1. The summed E-state index contributed by atoms with van der Waals surface area (Å²) in [7, 11) is 0. The van der Waals surface area contributed by atoms with E-state index in [4.69, 9.17) is 0 Å². The molecule has 0 aromatic heterocycles. The van der Waals surface area contributed by atoms with E-state index in [2.05, 4.69) is 66.2 Å². The Morgan fingerprint density at radius 3 is 2.89 bits per heavy atom. The number of hydrogen-bond acceptors (Lipinski definition) is 3. The maximum absolute atomic E-state index is 3.69. The van der Waals surface area contributed by atoms with E-state index in [9.17, 15) is 0 Å². The number of thioether (sulfide) groups is 1. The molecule has 0 saturated carbocycles. The van der Waals surface area contributed by atoms with Gasteiger partial charge in [-0.2, -0.15) is 11.8 Å². The summed E-state index contributed by atoms with van der Waals surface area (Å²) in [6.07, 6.45) is 1.25. The molecule has 0 aliphatic carbocycles. The molecule has 1 heterocycles. The van der Waals surface area contributed by atoms with Crippen molar-refractivity contribution in [1.29, 1.82) is 0 Å². The molecule has 2 atom stereocenters. The number of rotatable bonds is 5. The van der Waals surface area contributed by atoms with Gasteiger partial charge >= 0.3 is 0 Å². The van der Waals surface area contributed by atoms with E-state index in [-0.39, 0.29) is 0 Å². The van der Waals surface area contributed by atoms with E-state index in [1.807, 2.05) is 0 Å². The molecule has 106 valence electrons. The zero-order valence-corrected chi connectivity index (χ0v) is 13.0. The predicted octanol–water partition coefficient (Wildman–Crippen LogP) is 3.16. The van der Waals surface area contributed by atoms with Gasteiger partial charge in [0.1, 0.15) is 0 Å². The van der Waals surface area contributed by atoms with Crippen LogP contribution in [-0.2, 0) is 0 Å². The van der Waals surface area contributed by atoms with E-state index < -0.39 is 0 Å². The lowest BCUT2D eigenvalue weighted by Crippen LogP contribution is -2.39. The Morgan fingerprint density at radius 2 is 2.16 bits per heavy atom. The molecule has 0 bridgehead atoms. The van der Waals surface area contributed by atoms with E-state index in [1.165, 1.54) is 30.0 Å². The van der Waals surface area contributed by atoms with Gasteiger partial charge in [-0.25, -0.2) is 0 Å². The van der Waals surface area contributed by atoms with Crippen LogP contribution in [0.5, 0.6) is 0 Å². The molecule has 2 rings (SSSR count). The number of hydrogen-bond donors (Lipinski definition) is 1. The molecule has 1 N–H and O–H groups in total. The fourth-order valence-corrected chi connectivity index (χ4v) is 3.44. The summed E-state index contributed by atoms with van der Waals surface area (Å²) in [6, 6.07) is 12.0. The highest BCUT2D eigenvalue weighted by molar-refractivity contribution is 7.99. The zero-order valence-electron chi connectivity index (χ0n) is 12.1. The summed E-state index contributed by atoms with van der Waals surface area (Å²) in [6.45, 7) is 8.10. The van der Waals surface area contributed by atoms with Crippen molar-refractivity contribution in [3.05, 3.63) is 35.9 Å². The van der Waals surface area contributed by atoms with Crippen LogP contribution in [0.4, 0.5) is 0 Å². The van der Waals surface area contributed by atoms with Gasteiger partial charge in [-0.3, -0.25) is 4.90 Å². The van der Waals surface area contributed by atoms with Crippen molar-refractivity contribution in [3.8, 4) is 0 Å². The number of nitrogens with zero attached hydrogens (tertiary/aromatic N) is 1. The second-order valence-corrected chi connectivity index (χ2v) is 6.59. The maximum Gasteiger partial charge on any atom is 0.0449 e. The third-order valence-corrected chi connectivity index (χ3v) is 4.94. The molecule has 2 unspecified atom stereocenters. The Hall–Kier alpha value is -0.510. The van der Waals surface area contributed by atoms with Gasteiger partial charge in [0, 0.05) is 24.4 Å². The van der Waals surface area contributed by atoms with Crippen molar-refractivity contribution in [3.63, 3.8) is 0 Å². The fraction of sp³-hybridized carbons (Fsp3) is 0.625. The zero-order chi connectivity index (χ0) is 13.5. The molecule has 1 aliphatic heterocycles. The van der Waals surface area contributed by atoms with Crippen LogP contribution < -0.4 is 5.32 Å². The number of nitrogens with one attached hydrogen (secondary N) is 1. The van der Waals surface area contributed by atoms with E-state index >= 15 is 0 Å². The van der Waals surface area contributed by atoms with Gasteiger partial charge in [0.25, 0.3) is 0 Å². The van der Waals surface area contributed by atoms with Crippen molar-refractivity contribution >= 4 is 11.8 Å². The lowest BCUT2D eigenvalue weighted by molar-refractivity contribution is 0.221. The third-order valence-electron chi connectivity index (χ3n) is 3.82. The largest absolute Gasteiger partial charge is 0.309 e. The minimum atomic E-state index is 0.484. The first-order chi connectivity index (χ1) is 9.31. The highest BCUT2D eigenvalue weighted by atomic mass is 32.2. The monoisotopic (exact) mass is 278 g/mol. The lowest BCUT2D eigenvalue weighted by atomic mass is 10.1. The molecule has 1 aliphatic rings. The van der Waals surface area contributed by atoms with Crippen LogP contribution >= 0.6 is 11.8 Å². The molecule has 0 spiro atoms. The molecule has 0 amide bonds. The van der Waals surface area contributed by atoms with Gasteiger partial charge in [0.05, 0.1) is 0 Å². The first kappa shape index (κ1) is 14.9. The molecule has 1 aromatic carbocycles. The molecule has 3 heteroatoms. The van der Waals surface area contributed by atoms with Crippen LogP contribution in [-0.4, -0.2) is 42.1 Å². The van der Waals surface area contributed by atoms with Gasteiger partial charge in [0.15, 0.2) is 0 Å². The molecular formula is C16H26N2S. The molecule has 0 radical (unpaired) electrons. The normalized spacial score (nSPS) is 22.9. The highest BCUT2D eigenvalue weighted by Gasteiger charge is 2.22. The Bertz CT molecular complexity index is 355. The molecule has 1 aromatic rings. The Balaban J connectivity index is 1.98. The smallest absolute Gasteiger partial charge is 0.0449 e. The molecule has 2 nitrogen and oxygen atoms in total. The molecule has 19 heavy (non-hydrogen) atoms. The van der Waals surface area contributed by atoms with Crippen LogP contribution in [0.2, 0.25) is 0 Å². The second-order valence-electron chi connectivity index (χ2n) is 5.27. The molecule has 1 saturated heterocycles. The first-order valence-electron chi connectivity index (χ1n) is 7.41. The molecular weight excluding hydrogens is 252 g/mol. The number of benzene rings is 1. The van der Waals surface area contributed by atoms with Crippen LogP contribution in [0.1, 0.15) is 31.9 Å². The average Bonchev–Trinajstić information content (AvgIpc) is 2.71. The van der Waals surface area contributed by atoms with Gasteiger partial charge in [-0.15, -0.1) is 0 Å². The Labute approximate surface area is 122 Å². The maximum atomic E-state index is 3.69. The van der Waals surface area contributed by atoms with Gasteiger partial charge in [-0.05, 0) is 37.8 Å². The van der Waals surface area contributed by atoms with Crippen molar-refractivity contribution in [2.75, 3.05) is 31.1 Å². The summed E-state index contributed by atoms with van der Waals surface area (Å²) >= 11 is 2.05. The lowest BCUT2D eigenvalue weighted by Gasteiger charge is -2.30. The fourth-order valence-electron chi connectivity index (χ4n) is 2.65. The topological polar surface area (TPSA) is 15.3 Å². The van der Waals surface area contributed by atoms with Crippen molar-refractivity contribution < 1.29 is 0 Å². The van der Waals surface area contributed by atoms with Gasteiger partial charge in [-0.1, -0.05) is 37.3 Å². The summed E-state index contributed by atoms with van der Waals surface area (Å²) in [4.78, 5) is 2.65. The quantitative estimate of drug-likeness (QED) is 0.890. The Morgan fingerprint density at radius 1 is 1.37 bits per heavy atom. The van der Waals surface area contributed by atoms with Crippen LogP contribution in [0.25, 0.3) is 0 Å². The highest BCUT2D eigenvalue weighted by Crippen LogP contribution is 2.19. The average molecular weight is 278 g/mol. The van der Waals surface area contributed by atoms with E-state index in [0.29, 0.717) is 12.1 Å². The molecule has 1 fully saturated rings. The van der Waals surface area contributed by atoms with Crippen molar-refractivity contribution in [2.45, 2.75) is 32.4 Å². The summed E-state index contributed by atoms with van der Waals surface area (Å²) in [5.41, 5.74) is 1.42. The standard InChI is InChI=1S/C16H26N2S/c1-3-19-13-14(2)18-11-7-10-17-16(12-18)15-8-5-4-6-9-15/h4-6,8-9,14,16-17H,3,7,10-13H2,1-2H3. The van der Waals surface area contributed by atoms with Crippen LogP contribution in [0.3, 0.4) is 0 Å². The van der Waals surface area contributed by atoms with Crippen LogP contribution in [0.15, 0.2) is 30.3 Å². The third kappa shape index (κ3) is 4.51. The first-order valence-corrected chi connectivity index (χ1v) is 8.57. The Kier molecular flexibility index (Phi) is 6.21. The van der Waals surface area contributed by atoms with E-state index in [1.54, 1.807) is 0 Å². The predicted molar refractivity (Wildman–Crippen MR) is 85.8 cm³/mol. The summed E-state index contributed by atoms with van der Waals surface area (Å²) in [5.74, 6) is 2.47. The van der Waals surface area contributed by atoms with Gasteiger partial charge < -0.3 is 5.32 Å². The summed E-state index contributed by atoms with van der Waals surface area (Å²) < 4.78 is 0. The van der Waals surface area contributed by atoms with Crippen molar-refractivity contribution in [1.82, 2.24) is 10.2 Å². The summed E-state index contributed by atoms with van der Waals surface area (Å²) in [5, 5.41) is 3.69. The van der Waals surface area contributed by atoms with Gasteiger partial charge in [0.2, 0.25) is 0 Å². The minimum Gasteiger partial charge on any atom is -0.309 e. The minimum absolute atomic E-state index is 0.484. The van der Waals surface area contributed by atoms with Crippen LogP contribution in [0, 0.1) is 0 Å².